The lowest BCUT2D eigenvalue weighted by Gasteiger charge is -2.17. The molecule has 210 valence electrons. The maximum atomic E-state index is 11.9. The minimum Gasteiger partial charge on any atom is -0.379 e. The van der Waals surface area contributed by atoms with Crippen LogP contribution in [0.15, 0.2) is 30.3 Å². The molecule has 1 aromatic carbocycles. The number of halogens is 2. The van der Waals surface area contributed by atoms with Gasteiger partial charge in [0.05, 0.1) is 19.8 Å². The van der Waals surface area contributed by atoms with Gasteiger partial charge in [0.2, 0.25) is 0 Å². The van der Waals surface area contributed by atoms with Crippen LogP contribution in [0.1, 0.15) is 95.5 Å². The second-order valence-corrected chi connectivity index (χ2v) is 12.8. The summed E-state index contributed by atoms with van der Waals surface area (Å²) in [5, 5.41) is 0.542. The van der Waals surface area contributed by atoms with Crippen molar-refractivity contribution in [3.8, 4) is 0 Å². The van der Waals surface area contributed by atoms with Gasteiger partial charge in [0.15, 0.2) is 0 Å². The smallest absolute Gasteiger partial charge is 0.379 e. The molecule has 0 aliphatic rings. The number of unbranched alkanes of at least 4 members (excludes halogenated alkanes) is 13. The lowest BCUT2D eigenvalue weighted by Crippen LogP contribution is -2.24. The molecule has 36 heavy (non-hydrogen) atoms. The van der Waals surface area contributed by atoms with E-state index in [1.807, 2.05) is 0 Å². The van der Waals surface area contributed by atoms with Gasteiger partial charge in [-0.25, -0.2) is 4.57 Å². The van der Waals surface area contributed by atoms with E-state index in [0.29, 0.717) is 18.5 Å². The van der Waals surface area contributed by atoms with Gasteiger partial charge in [0, 0.05) is 30.3 Å². The first kappa shape index (κ1) is 34.1. The SMILES string of the molecule is COC(COCCCCCCCCCCCCCCCCc1ccccc1)COP(=O)(Cl)OCCBr. The molecule has 1 rings (SSSR count). The number of hydrogen-bond acceptors (Lipinski definition) is 5. The number of alkyl halides is 1. The summed E-state index contributed by atoms with van der Waals surface area (Å²) in [5.41, 5.74) is 1.47. The monoisotopic (exact) mass is 610 g/mol. The van der Waals surface area contributed by atoms with E-state index < -0.39 is 6.95 Å². The van der Waals surface area contributed by atoms with Crippen molar-refractivity contribution in [3.63, 3.8) is 0 Å². The van der Waals surface area contributed by atoms with Crippen molar-refractivity contribution in [1.82, 2.24) is 0 Å². The average molecular weight is 612 g/mol. The Morgan fingerprint density at radius 1 is 0.750 bits per heavy atom. The molecule has 0 aliphatic heterocycles. The van der Waals surface area contributed by atoms with Crippen molar-refractivity contribution >= 4 is 34.1 Å². The van der Waals surface area contributed by atoms with Crippen LogP contribution < -0.4 is 0 Å². The standard InChI is InChI=1S/C28H49BrClO5P/c1-32-28(26-35-36(30,31)34-24-22-29)25-33-23-18-13-11-9-7-5-3-2-4-6-8-10-12-15-19-27-20-16-14-17-21-27/h14,16-17,20-21,28H,2-13,15,18-19,22-26H2,1H3. The van der Waals surface area contributed by atoms with E-state index >= 15 is 0 Å². The summed E-state index contributed by atoms with van der Waals surface area (Å²) in [4.78, 5) is 0. The molecule has 0 aliphatic carbocycles. The maximum Gasteiger partial charge on any atom is 0.424 e. The Morgan fingerprint density at radius 3 is 1.81 bits per heavy atom. The number of hydrogen-bond donors (Lipinski definition) is 0. The van der Waals surface area contributed by atoms with Gasteiger partial charge in [0.1, 0.15) is 6.10 Å². The molecule has 2 atom stereocenters. The first-order valence-corrected chi connectivity index (χ1v) is 17.4. The quantitative estimate of drug-likeness (QED) is 0.0593. The highest BCUT2D eigenvalue weighted by Gasteiger charge is 2.23. The molecule has 8 heteroatoms. The largest absolute Gasteiger partial charge is 0.424 e. The normalized spacial score (nSPS) is 14.1. The molecule has 0 aromatic heterocycles. The highest BCUT2D eigenvalue weighted by atomic mass is 79.9. The molecule has 1 aromatic rings. The molecule has 0 fully saturated rings. The Balaban J connectivity index is 1.79. The first-order chi connectivity index (χ1) is 17.6. The number of methoxy groups -OCH3 is 1. The zero-order valence-electron chi connectivity index (χ0n) is 22.4. The van der Waals surface area contributed by atoms with Crippen molar-refractivity contribution in [2.45, 2.75) is 102 Å². The third-order valence-electron chi connectivity index (χ3n) is 6.22. The third kappa shape index (κ3) is 21.0. The van der Waals surface area contributed by atoms with Crippen molar-refractivity contribution in [2.75, 3.05) is 38.9 Å². The molecule has 0 saturated heterocycles. The maximum absolute atomic E-state index is 11.9. The Kier molecular flexibility index (Phi) is 22.8. The number of ether oxygens (including phenoxy) is 2. The van der Waals surface area contributed by atoms with Gasteiger partial charge in [-0.15, -0.1) is 0 Å². The van der Waals surface area contributed by atoms with Crippen LogP contribution in [-0.4, -0.2) is 45.0 Å². The summed E-state index contributed by atoms with van der Waals surface area (Å²) < 4.78 is 33.0. The number of rotatable bonds is 26. The van der Waals surface area contributed by atoms with Gasteiger partial charge >= 0.3 is 6.95 Å². The zero-order chi connectivity index (χ0) is 26.2. The Labute approximate surface area is 233 Å². The Morgan fingerprint density at radius 2 is 1.28 bits per heavy atom. The van der Waals surface area contributed by atoms with Crippen LogP contribution in [0.5, 0.6) is 0 Å². The molecular weight excluding hydrogens is 563 g/mol. The fraction of sp³-hybridized carbons (Fsp3) is 0.786. The van der Waals surface area contributed by atoms with Gasteiger partial charge in [-0.05, 0) is 24.8 Å². The van der Waals surface area contributed by atoms with E-state index in [1.165, 1.54) is 95.5 Å². The minimum atomic E-state index is -3.56. The summed E-state index contributed by atoms with van der Waals surface area (Å²) in [6.45, 7) is -2.16. The van der Waals surface area contributed by atoms with E-state index in [9.17, 15) is 4.57 Å². The van der Waals surface area contributed by atoms with Crippen LogP contribution >= 0.6 is 34.1 Å². The van der Waals surface area contributed by atoms with Crippen molar-refractivity contribution in [2.24, 2.45) is 0 Å². The zero-order valence-corrected chi connectivity index (χ0v) is 25.6. The summed E-state index contributed by atoms with van der Waals surface area (Å²) >= 11 is 8.92. The van der Waals surface area contributed by atoms with Crippen LogP contribution in [0.25, 0.3) is 0 Å². The molecule has 0 spiro atoms. The molecule has 0 saturated carbocycles. The van der Waals surface area contributed by atoms with E-state index in [0.717, 1.165) is 6.42 Å². The van der Waals surface area contributed by atoms with E-state index in [2.05, 4.69) is 46.3 Å². The molecule has 0 amide bonds. The molecule has 0 bridgehead atoms. The summed E-state index contributed by atoms with van der Waals surface area (Å²) in [6.07, 6.45) is 19.5. The molecule has 5 nitrogen and oxygen atoms in total. The first-order valence-electron chi connectivity index (χ1n) is 13.9. The second kappa shape index (κ2) is 24.1. The third-order valence-corrected chi connectivity index (χ3v) is 8.08. The van der Waals surface area contributed by atoms with E-state index in [1.54, 1.807) is 7.11 Å². The van der Waals surface area contributed by atoms with E-state index in [-0.39, 0.29) is 19.3 Å². The van der Waals surface area contributed by atoms with Gasteiger partial charge < -0.3 is 9.47 Å². The summed E-state index contributed by atoms with van der Waals surface area (Å²) in [5.74, 6) is 0. The molecular formula is C28H49BrClO5P. The van der Waals surface area contributed by atoms with E-state index in [4.69, 9.17) is 29.8 Å². The van der Waals surface area contributed by atoms with Crippen LogP contribution in [0.3, 0.4) is 0 Å². The number of benzene rings is 1. The molecule has 2 unspecified atom stereocenters. The van der Waals surface area contributed by atoms with Crippen LogP contribution in [-0.2, 0) is 29.5 Å². The average Bonchev–Trinajstić information content (AvgIpc) is 2.89. The fourth-order valence-electron chi connectivity index (χ4n) is 4.05. The van der Waals surface area contributed by atoms with Crippen molar-refractivity contribution < 1.29 is 23.1 Å². The van der Waals surface area contributed by atoms with Gasteiger partial charge in [-0.3, -0.25) is 9.05 Å². The minimum absolute atomic E-state index is 0.0777. The highest BCUT2D eigenvalue weighted by molar-refractivity contribution is 9.09. The van der Waals surface area contributed by atoms with Gasteiger partial charge in [-0.1, -0.05) is 123 Å². The molecule has 0 radical (unpaired) electrons. The predicted molar refractivity (Wildman–Crippen MR) is 156 cm³/mol. The fourth-order valence-corrected chi connectivity index (χ4v) is 5.57. The highest BCUT2D eigenvalue weighted by Crippen LogP contribution is 2.53. The topological polar surface area (TPSA) is 54.0 Å². The number of aryl methyl sites for hydroxylation is 1. The van der Waals surface area contributed by atoms with Gasteiger partial charge in [-0.2, -0.15) is 0 Å². The van der Waals surface area contributed by atoms with Crippen molar-refractivity contribution in [3.05, 3.63) is 35.9 Å². The lowest BCUT2D eigenvalue weighted by atomic mass is 10.0. The van der Waals surface area contributed by atoms with Crippen LogP contribution in [0.2, 0.25) is 0 Å². The van der Waals surface area contributed by atoms with Crippen LogP contribution in [0, 0.1) is 0 Å². The van der Waals surface area contributed by atoms with Crippen molar-refractivity contribution in [1.29, 1.82) is 0 Å². The lowest BCUT2D eigenvalue weighted by molar-refractivity contribution is -0.0169. The Bertz CT molecular complexity index is 652. The molecule has 0 heterocycles. The predicted octanol–water partition coefficient (Wildman–Crippen LogP) is 9.50. The summed E-state index contributed by atoms with van der Waals surface area (Å²) in [7, 11) is 1.57. The second-order valence-electron chi connectivity index (χ2n) is 9.37. The summed E-state index contributed by atoms with van der Waals surface area (Å²) in [6, 6.07) is 10.8. The Hall–Kier alpha value is 0.0600. The molecule has 0 N–H and O–H groups in total. The van der Waals surface area contributed by atoms with Gasteiger partial charge in [0.25, 0.3) is 0 Å². The van der Waals surface area contributed by atoms with Crippen LogP contribution in [0.4, 0.5) is 0 Å².